The number of nitrogens with zero attached hydrogens (tertiary/aromatic N) is 3. The van der Waals surface area contributed by atoms with Crippen LogP contribution in [0, 0.1) is 11.2 Å². The second-order valence-corrected chi connectivity index (χ2v) is 9.83. The predicted molar refractivity (Wildman–Crippen MR) is 149 cm³/mol. The zero-order chi connectivity index (χ0) is 28.2. The lowest BCUT2D eigenvalue weighted by molar-refractivity contribution is -0.229. The normalized spacial score (nSPS) is 18.5. The average Bonchev–Trinajstić information content (AvgIpc) is 3.45. The van der Waals surface area contributed by atoms with Gasteiger partial charge in [-0.05, 0) is 61.5 Å². The second-order valence-electron chi connectivity index (χ2n) is 9.83. The predicted octanol–water partition coefficient (Wildman–Crippen LogP) is 6.16. The molecule has 0 unspecified atom stereocenters. The minimum atomic E-state index is -0.905. The highest BCUT2D eigenvalue weighted by atomic mass is 19.1. The molecule has 0 radical (unpaired) electrons. The Bertz CT molecular complexity index is 1640. The number of anilines is 1. The lowest BCUT2D eigenvalue weighted by Crippen LogP contribution is -2.45. The lowest BCUT2D eigenvalue weighted by Gasteiger charge is -2.35. The van der Waals surface area contributed by atoms with Crippen LogP contribution in [0.25, 0.3) is 22.6 Å². The maximum atomic E-state index is 13.7. The molecule has 0 atom stereocenters. The number of aromatic nitrogens is 4. The summed E-state index contributed by atoms with van der Waals surface area (Å²) in [5.74, 6) is 0.408. The molecule has 6 rings (SSSR count). The minimum Gasteiger partial charge on any atom is -0.424 e. The van der Waals surface area contributed by atoms with Gasteiger partial charge in [0.25, 0.3) is 0 Å². The van der Waals surface area contributed by atoms with Crippen LogP contribution in [0.2, 0.25) is 0 Å². The van der Waals surface area contributed by atoms with Gasteiger partial charge in [-0.15, -0.1) is 0 Å². The molecule has 0 spiro atoms. The van der Waals surface area contributed by atoms with E-state index in [1.54, 1.807) is 43.5 Å². The molecule has 3 aromatic carbocycles. The van der Waals surface area contributed by atoms with Gasteiger partial charge in [-0.1, -0.05) is 36.4 Å². The molecule has 5 aromatic rings. The standard InChI is InChI=1S/C31H26FN5O4/c1-31(29(38)34-22-8-4-2-5-9-22)18-39-28(40-19-31)27-36-25(20-12-14-21(32)15-13-20)26(37-27)24-16-17-33-30(35-24)41-23-10-6-3-7-11-23/h2-17,28H,18-19H2,1H3,(H,34,38)(H,36,37). The van der Waals surface area contributed by atoms with Crippen molar-refractivity contribution in [3.05, 3.63) is 109 Å². The van der Waals surface area contributed by atoms with Crippen molar-refractivity contribution in [3.8, 4) is 34.4 Å². The van der Waals surface area contributed by atoms with Gasteiger partial charge in [0.15, 0.2) is 5.82 Å². The molecule has 1 fully saturated rings. The van der Waals surface area contributed by atoms with Crippen molar-refractivity contribution in [2.75, 3.05) is 18.5 Å². The number of imidazole rings is 1. The molecular formula is C31H26FN5O4. The van der Waals surface area contributed by atoms with Crippen LogP contribution in [0.3, 0.4) is 0 Å². The molecular weight excluding hydrogens is 525 g/mol. The number of carbonyl (C=O) groups excluding carboxylic acids is 1. The van der Waals surface area contributed by atoms with Gasteiger partial charge in [-0.3, -0.25) is 4.79 Å². The SMILES string of the molecule is CC1(C(=O)Nc2ccccc2)COC(c2nc(-c3ccc(F)cc3)c(-c3ccnc(Oc4ccccc4)n3)[nH]2)OC1. The highest BCUT2D eigenvalue weighted by Crippen LogP contribution is 2.36. The highest BCUT2D eigenvalue weighted by Gasteiger charge is 2.41. The van der Waals surface area contributed by atoms with Crippen molar-refractivity contribution in [1.82, 2.24) is 19.9 Å². The third-order valence-electron chi connectivity index (χ3n) is 6.59. The van der Waals surface area contributed by atoms with E-state index in [4.69, 9.17) is 19.2 Å². The summed E-state index contributed by atoms with van der Waals surface area (Å²) in [6, 6.07) is 26.3. The molecule has 0 aliphatic carbocycles. The fourth-order valence-electron chi connectivity index (χ4n) is 4.33. The van der Waals surface area contributed by atoms with Crippen LogP contribution < -0.4 is 10.1 Å². The molecule has 1 saturated heterocycles. The molecule has 3 heterocycles. The molecule has 1 amide bonds. The van der Waals surface area contributed by atoms with E-state index in [-0.39, 0.29) is 30.9 Å². The molecule has 0 saturated carbocycles. The van der Waals surface area contributed by atoms with E-state index < -0.39 is 11.7 Å². The summed E-state index contributed by atoms with van der Waals surface area (Å²) in [6.07, 6.45) is 0.724. The number of benzene rings is 3. The number of amides is 1. The van der Waals surface area contributed by atoms with Crippen molar-refractivity contribution in [1.29, 1.82) is 0 Å². The largest absolute Gasteiger partial charge is 0.424 e. The van der Waals surface area contributed by atoms with Gasteiger partial charge in [0.05, 0.1) is 35.7 Å². The number of hydrogen-bond acceptors (Lipinski definition) is 7. The number of rotatable bonds is 7. The molecule has 2 aromatic heterocycles. The quantitative estimate of drug-likeness (QED) is 0.249. The summed E-state index contributed by atoms with van der Waals surface area (Å²) in [7, 11) is 0. The Labute approximate surface area is 235 Å². The van der Waals surface area contributed by atoms with Crippen LogP contribution in [-0.2, 0) is 14.3 Å². The van der Waals surface area contributed by atoms with Crippen LogP contribution >= 0.6 is 0 Å². The summed E-state index contributed by atoms with van der Waals surface area (Å²) in [6.45, 7) is 2.01. The maximum Gasteiger partial charge on any atom is 0.322 e. The molecule has 1 aliphatic heterocycles. The van der Waals surface area contributed by atoms with Crippen molar-refractivity contribution in [2.45, 2.75) is 13.2 Å². The number of H-pyrrole nitrogens is 1. The van der Waals surface area contributed by atoms with E-state index in [1.807, 2.05) is 48.5 Å². The van der Waals surface area contributed by atoms with Crippen LogP contribution in [0.1, 0.15) is 19.0 Å². The Morgan fingerprint density at radius 1 is 0.951 bits per heavy atom. The fraction of sp³-hybridized carbons (Fsp3) is 0.161. The van der Waals surface area contributed by atoms with Gasteiger partial charge in [0.1, 0.15) is 11.6 Å². The number of halogens is 1. The van der Waals surface area contributed by atoms with E-state index in [2.05, 4.69) is 20.3 Å². The molecule has 41 heavy (non-hydrogen) atoms. The van der Waals surface area contributed by atoms with E-state index >= 15 is 0 Å². The Hall–Kier alpha value is -4.93. The summed E-state index contributed by atoms with van der Waals surface area (Å²) in [4.78, 5) is 29.8. The first-order valence-electron chi connectivity index (χ1n) is 13.0. The topological polar surface area (TPSA) is 111 Å². The van der Waals surface area contributed by atoms with Crippen molar-refractivity contribution < 1.29 is 23.4 Å². The highest BCUT2D eigenvalue weighted by molar-refractivity contribution is 5.95. The van der Waals surface area contributed by atoms with Crippen molar-refractivity contribution in [2.24, 2.45) is 5.41 Å². The van der Waals surface area contributed by atoms with E-state index in [1.165, 1.54) is 12.1 Å². The monoisotopic (exact) mass is 551 g/mol. The lowest BCUT2D eigenvalue weighted by atomic mass is 9.91. The number of hydrogen-bond donors (Lipinski definition) is 2. The fourth-order valence-corrected chi connectivity index (χ4v) is 4.33. The Morgan fingerprint density at radius 3 is 2.34 bits per heavy atom. The molecule has 9 nitrogen and oxygen atoms in total. The molecule has 206 valence electrons. The zero-order valence-corrected chi connectivity index (χ0v) is 22.1. The first kappa shape index (κ1) is 26.3. The van der Waals surface area contributed by atoms with Crippen LogP contribution in [0.5, 0.6) is 11.8 Å². The van der Waals surface area contributed by atoms with Crippen LogP contribution in [-0.4, -0.2) is 39.1 Å². The van der Waals surface area contributed by atoms with Crippen LogP contribution in [0.15, 0.2) is 97.2 Å². The van der Waals surface area contributed by atoms with E-state index in [0.717, 1.165) is 0 Å². The number of para-hydroxylation sites is 2. The summed E-state index contributed by atoms with van der Waals surface area (Å²) >= 11 is 0. The van der Waals surface area contributed by atoms with Crippen molar-refractivity contribution >= 4 is 11.6 Å². The third kappa shape index (κ3) is 5.84. The van der Waals surface area contributed by atoms with E-state index in [9.17, 15) is 9.18 Å². The van der Waals surface area contributed by atoms with Crippen molar-refractivity contribution in [3.63, 3.8) is 0 Å². The smallest absolute Gasteiger partial charge is 0.322 e. The summed E-state index contributed by atoms with van der Waals surface area (Å²) in [5, 5.41) is 2.91. The number of nitrogens with one attached hydrogen (secondary N) is 2. The molecule has 2 N–H and O–H groups in total. The Balaban J connectivity index is 1.26. The Kier molecular flexibility index (Phi) is 7.24. The molecule has 10 heteroatoms. The number of carbonyl (C=O) groups is 1. The van der Waals surface area contributed by atoms with E-state index in [0.29, 0.717) is 39.9 Å². The zero-order valence-electron chi connectivity index (χ0n) is 22.1. The summed E-state index contributed by atoms with van der Waals surface area (Å²) in [5.41, 5.74) is 2.03. The maximum absolute atomic E-state index is 13.7. The van der Waals surface area contributed by atoms with Gasteiger partial charge < -0.3 is 24.5 Å². The first-order chi connectivity index (χ1) is 20.0. The molecule has 1 aliphatic rings. The number of aromatic amines is 1. The van der Waals surface area contributed by atoms with Gasteiger partial charge in [0.2, 0.25) is 12.2 Å². The van der Waals surface area contributed by atoms with Gasteiger partial charge in [-0.25, -0.2) is 14.4 Å². The van der Waals surface area contributed by atoms with Crippen LogP contribution in [0.4, 0.5) is 10.1 Å². The second kappa shape index (κ2) is 11.3. The van der Waals surface area contributed by atoms with Gasteiger partial charge in [-0.2, -0.15) is 4.98 Å². The molecule has 0 bridgehead atoms. The third-order valence-corrected chi connectivity index (χ3v) is 6.59. The summed E-state index contributed by atoms with van der Waals surface area (Å²) < 4.78 is 31.6. The van der Waals surface area contributed by atoms with Gasteiger partial charge >= 0.3 is 6.01 Å². The Morgan fingerprint density at radius 2 is 1.63 bits per heavy atom. The number of ether oxygens (including phenoxy) is 3. The average molecular weight is 552 g/mol. The minimum absolute atomic E-state index is 0.112. The first-order valence-corrected chi connectivity index (χ1v) is 13.0. The van der Waals surface area contributed by atoms with Gasteiger partial charge in [0, 0.05) is 17.4 Å².